The molecule has 38 heavy (non-hydrogen) atoms. The number of aromatic carboxylic acids is 1. The van der Waals surface area contributed by atoms with E-state index in [2.05, 4.69) is 15.4 Å². The monoisotopic (exact) mass is 554 g/mol. The molecule has 0 saturated carbocycles. The van der Waals surface area contributed by atoms with E-state index in [9.17, 15) is 9.59 Å². The summed E-state index contributed by atoms with van der Waals surface area (Å²) < 4.78 is 11.6. The highest BCUT2D eigenvalue weighted by Gasteiger charge is 2.24. The molecule has 0 bridgehead atoms. The topological polar surface area (TPSA) is 119 Å². The van der Waals surface area contributed by atoms with Gasteiger partial charge < -0.3 is 14.4 Å². The lowest BCUT2D eigenvalue weighted by Crippen LogP contribution is -2.28. The van der Waals surface area contributed by atoms with E-state index in [0.717, 1.165) is 0 Å². The molecule has 196 valence electrons. The van der Waals surface area contributed by atoms with Gasteiger partial charge in [0.05, 0.1) is 32.4 Å². The first kappa shape index (κ1) is 27.1. The van der Waals surface area contributed by atoms with Crippen LogP contribution in [-0.4, -0.2) is 39.4 Å². The highest BCUT2D eigenvalue weighted by molar-refractivity contribution is 6.39. The molecule has 0 radical (unpaired) electrons. The molecule has 2 aromatic heterocycles. The van der Waals surface area contributed by atoms with Gasteiger partial charge in [0.2, 0.25) is 5.88 Å². The van der Waals surface area contributed by atoms with E-state index < -0.39 is 5.97 Å². The summed E-state index contributed by atoms with van der Waals surface area (Å²) in [7, 11) is 1.57. The Kier molecular flexibility index (Phi) is 7.99. The largest absolute Gasteiger partial charge is 0.478 e. The highest BCUT2D eigenvalue weighted by atomic mass is 35.5. The summed E-state index contributed by atoms with van der Waals surface area (Å²) in [6.07, 6.45) is 0. The number of carbonyl (C=O) groups is 2. The molecule has 4 rings (SSSR count). The summed E-state index contributed by atoms with van der Waals surface area (Å²) >= 11 is 12.8. The smallest absolute Gasteiger partial charge is 0.335 e. The van der Waals surface area contributed by atoms with E-state index in [1.807, 2.05) is 13.8 Å². The number of anilines is 1. The number of carboxylic acids is 1. The van der Waals surface area contributed by atoms with Crippen molar-refractivity contribution >= 4 is 40.9 Å². The predicted octanol–water partition coefficient (Wildman–Crippen LogP) is 6.42. The van der Waals surface area contributed by atoms with Crippen LogP contribution in [0, 0.1) is 6.92 Å². The fourth-order valence-corrected chi connectivity index (χ4v) is 4.44. The van der Waals surface area contributed by atoms with Crippen molar-refractivity contribution in [3.05, 3.63) is 86.5 Å². The number of aromatic nitrogens is 3. The Morgan fingerprint density at radius 3 is 2.26 bits per heavy atom. The zero-order valence-electron chi connectivity index (χ0n) is 21.0. The molecule has 0 aliphatic rings. The minimum Gasteiger partial charge on any atom is -0.478 e. The van der Waals surface area contributed by atoms with Crippen LogP contribution in [0.15, 0.2) is 53.1 Å². The van der Waals surface area contributed by atoms with Crippen LogP contribution < -0.4 is 9.64 Å². The molecule has 0 aliphatic heterocycles. The fraction of sp³-hybridized carbons (Fsp3) is 0.222. The van der Waals surface area contributed by atoms with Crippen LogP contribution in [0.25, 0.3) is 11.3 Å². The summed E-state index contributed by atoms with van der Waals surface area (Å²) in [6, 6.07) is 12.5. The van der Waals surface area contributed by atoms with Crippen LogP contribution in [0.2, 0.25) is 10.0 Å². The van der Waals surface area contributed by atoms with E-state index in [-0.39, 0.29) is 29.9 Å². The van der Waals surface area contributed by atoms with Gasteiger partial charge in [0.15, 0.2) is 11.6 Å². The van der Waals surface area contributed by atoms with Gasteiger partial charge in [-0.3, -0.25) is 9.69 Å². The van der Waals surface area contributed by atoms with Crippen LogP contribution in [0.4, 0.5) is 5.82 Å². The van der Waals surface area contributed by atoms with Crippen molar-refractivity contribution in [3.8, 4) is 17.2 Å². The number of carbonyl (C=O) groups excluding carboxylic acids is 1. The zero-order valence-corrected chi connectivity index (χ0v) is 22.5. The molecule has 0 saturated heterocycles. The van der Waals surface area contributed by atoms with Crippen LogP contribution in [0.5, 0.6) is 5.88 Å². The number of nitrogens with zero attached hydrogens (tertiary/aromatic N) is 4. The summed E-state index contributed by atoms with van der Waals surface area (Å²) in [6.45, 7) is 5.83. The number of hydrogen-bond donors (Lipinski definition) is 1. The minimum atomic E-state index is -1.07. The SMILES string of the molecule is Cc1cc(OCc2c(C(C)C)noc2-c2c(Cl)cccc2Cl)nnc1N(C)C(=O)c1ccc(C(=O)O)cc1. The molecular weight excluding hydrogens is 531 g/mol. The summed E-state index contributed by atoms with van der Waals surface area (Å²) in [5.41, 5.74) is 2.99. The van der Waals surface area contributed by atoms with Crippen molar-refractivity contribution in [1.29, 1.82) is 0 Å². The van der Waals surface area contributed by atoms with Crippen molar-refractivity contribution in [3.63, 3.8) is 0 Å². The molecule has 2 heterocycles. The summed E-state index contributed by atoms with van der Waals surface area (Å²) in [5.74, 6) is -0.383. The Morgan fingerprint density at radius 2 is 1.68 bits per heavy atom. The van der Waals surface area contributed by atoms with Gasteiger partial charge in [-0.05, 0) is 54.8 Å². The molecule has 9 nitrogen and oxygen atoms in total. The lowest BCUT2D eigenvalue weighted by molar-refractivity contribution is 0.0696. The van der Waals surface area contributed by atoms with Crippen LogP contribution in [0.3, 0.4) is 0 Å². The Balaban J connectivity index is 1.55. The lowest BCUT2D eigenvalue weighted by Gasteiger charge is -2.18. The van der Waals surface area contributed by atoms with Gasteiger partial charge in [0, 0.05) is 18.7 Å². The molecule has 11 heteroatoms. The third kappa shape index (κ3) is 5.49. The molecule has 0 spiro atoms. The molecule has 2 aromatic carbocycles. The van der Waals surface area contributed by atoms with Gasteiger partial charge in [0.1, 0.15) is 6.61 Å². The summed E-state index contributed by atoms with van der Waals surface area (Å²) in [4.78, 5) is 25.3. The van der Waals surface area contributed by atoms with Crippen LogP contribution in [0.1, 0.15) is 57.3 Å². The maximum Gasteiger partial charge on any atom is 0.335 e. The fourth-order valence-electron chi connectivity index (χ4n) is 3.87. The molecule has 0 atom stereocenters. The highest BCUT2D eigenvalue weighted by Crippen LogP contribution is 2.39. The van der Waals surface area contributed by atoms with Gasteiger partial charge in [-0.2, -0.15) is 0 Å². The predicted molar refractivity (Wildman–Crippen MR) is 143 cm³/mol. The number of aryl methyl sites for hydroxylation is 1. The molecule has 4 aromatic rings. The maximum absolute atomic E-state index is 12.9. The quantitative estimate of drug-likeness (QED) is 0.265. The van der Waals surface area contributed by atoms with E-state index in [1.165, 1.54) is 29.2 Å². The first-order valence-electron chi connectivity index (χ1n) is 11.6. The second kappa shape index (κ2) is 11.2. The molecule has 0 unspecified atom stereocenters. The lowest BCUT2D eigenvalue weighted by atomic mass is 10.0. The van der Waals surface area contributed by atoms with Crippen molar-refractivity contribution in [2.45, 2.75) is 33.3 Å². The van der Waals surface area contributed by atoms with Gasteiger partial charge in [-0.1, -0.05) is 48.3 Å². The van der Waals surface area contributed by atoms with E-state index in [0.29, 0.717) is 49.6 Å². The molecule has 1 amide bonds. The first-order valence-corrected chi connectivity index (χ1v) is 12.4. The first-order chi connectivity index (χ1) is 18.1. The van der Waals surface area contributed by atoms with Gasteiger partial charge in [-0.15, -0.1) is 10.2 Å². The third-order valence-electron chi connectivity index (χ3n) is 5.86. The second-order valence-electron chi connectivity index (χ2n) is 8.85. The number of hydrogen-bond acceptors (Lipinski definition) is 7. The van der Waals surface area contributed by atoms with E-state index >= 15 is 0 Å². The normalized spacial score (nSPS) is 11.0. The number of rotatable bonds is 8. The zero-order chi connectivity index (χ0) is 27.6. The number of benzene rings is 2. The standard InChI is InChI=1S/C27H24Cl2N4O5/c1-14(2)23-18(24(38-32-23)22-19(28)6-5-7-20(22)29)13-37-21-12-15(3)25(31-30-21)33(4)26(34)16-8-10-17(11-9-16)27(35)36/h5-12,14H,13H2,1-4H3,(H,35,36). The van der Waals surface area contributed by atoms with Crippen molar-refractivity contribution < 1.29 is 24.0 Å². The number of amides is 1. The molecule has 0 fully saturated rings. The Bertz CT molecular complexity index is 1480. The van der Waals surface area contributed by atoms with Crippen LogP contribution >= 0.6 is 23.2 Å². The average Bonchev–Trinajstić information content (AvgIpc) is 3.30. The van der Waals surface area contributed by atoms with Crippen molar-refractivity contribution in [1.82, 2.24) is 15.4 Å². The third-order valence-corrected chi connectivity index (χ3v) is 6.49. The van der Waals surface area contributed by atoms with Gasteiger partial charge in [0.25, 0.3) is 5.91 Å². The number of carboxylic acid groups (broad SMARTS) is 1. The van der Waals surface area contributed by atoms with Gasteiger partial charge >= 0.3 is 5.97 Å². The number of ether oxygens (including phenoxy) is 1. The van der Waals surface area contributed by atoms with Crippen molar-refractivity contribution in [2.24, 2.45) is 0 Å². The van der Waals surface area contributed by atoms with Crippen LogP contribution in [-0.2, 0) is 6.61 Å². The minimum absolute atomic E-state index is 0.0479. The van der Waals surface area contributed by atoms with E-state index in [1.54, 1.807) is 38.2 Å². The Hall–Kier alpha value is -3.95. The molecular formula is C27H24Cl2N4O5. The molecule has 1 N–H and O–H groups in total. The maximum atomic E-state index is 12.9. The van der Waals surface area contributed by atoms with Crippen molar-refractivity contribution in [2.75, 3.05) is 11.9 Å². The van der Waals surface area contributed by atoms with Gasteiger partial charge in [-0.25, -0.2) is 4.79 Å². The Labute approximate surface area is 228 Å². The van der Waals surface area contributed by atoms with E-state index in [4.69, 9.17) is 37.6 Å². The number of halogens is 2. The Morgan fingerprint density at radius 1 is 1.05 bits per heavy atom. The molecule has 0 aliphatic carbocycles. The summed E-state index contributed by atoms with van der Waals surface area (Å²) in [5, 5.41) is 22.5. The second-order valence-corrected chi connectivity index (χ2v) is 9.67. The average molecular weight is 555 g/mol.